The number of hydrogen-bond donors (Lipinski definition) is 4. The van der Waals surface area contributed by atoms with Gasteiger partial charge in [-0.05, 0) is 61.8 Å². The zero-order valence-electron chi connectivity index (χ0n) is 20.7. The Kier molecular flexibility index (Phi) is 5.30. The van der Waals surface area contributed by atoms with Crippen molar-refractivity contribution in [3.63, 3.8) is 0 Å². The lowest BCUT2D eigenvalue weighted by molar-refractivity contribution is -0.129. The minimum Gasteiger partial charge on any atom is -0.496 e. The van der Waals surface area contributed by atoms with Gasteiger partial charge in [0.15, 0.2) is 0 Å². The van der Waals surface area contributed by atoms with Gasteiger partial charge in [0.25, 0.3) is 5.91 Å². The number of nitriles is 1. The molecule has 2 heterocycles. The lowest BCUT2D eigenvalue weighted by Crippen LogP contribution is -2.59. The molecular weight excluding hydrogens is 474 g/mol. The number of amides is 4. The molecule has 10 nitrogen and oxygen atoms in total. The fourth-order valence-electron chi connectivity index (χ4n) is 6.85. The van der Waals surface area contributed by atoms with Crippen LogP contribution in [0.3, 0.4) is 0 Å². The van der Waals surface area contributed by atoms with E-state index in [9.17, 15) is 24.4 Å². The van der Waals surface area contributed by atoms with Crippen LogP contribution in [0, 0.1) is 47.8 Å². The van der Waals surface area contributed by atoms with Crippen LogP contribution in [0.4, 0.5) is 0 Å². The first-order chi connectivity index (χ1) is 17.7. The van der Waals surface area contributed by atoms with Crippen molar-refractivity contribution in [1.29, 1.82) is 5.26 Å². The summed E-state index contributed by atoms with van der Waals surface area (Å²) >= 11 is 0. The van der Waals surface area contributed by atoms with E-state index in [4.69, 9.17) is 4.74 Å². The Morgan fingerprint density at radius 2 is 1.97 bits per heavy atom. The van der Waals surface area contributed by atoms with Gasteiger partial charge in [0.05, 0.1) is 25.0 Å². The molecule has 6 unspecified atom stereocenters. The number of fused-ring (bicyclic) bond motifs is 6. The first kappa shape index (κ1) is 23.5. The Hall–Kier alpha value is -3.87. The van der Waals surface area contributed by atoms with E-state index in [-0.39, 0.29) is 17.7 Å². The van der Waals surface area contributed by atoms with Crippen molar-refractivity contribution in [1.82, 2.24) is 20.9 Å². The molecule has 6 rings (SSSR count). The van der Waals surface area contributed by atoms with E-state index in [1.54, 1.807) is 13.2 Å². The second-order valence-corrected chi connectivity index (χ2v) is 11.1. The molecule has 2 bridgehead atoms. The van der Waals surface area contributed by atoms with Gasteiger partial charge >= 0.3 is 0 Å². The Morgan fingerprint density at radius 3 is 2.68 bits per heavy atom. The number of carbonyl (C=O) groups is 4. The van der Waals surface area contributed by atoms with Crippen LogP contribution in [-0.4, -0.2) is 47.3 Å². The SMILES string of the molecule is COc1cc(C)cc2[nH]c(C(=O)NC(CC3CC3)C(=O)NC3(C#N)CC4CC3C3C(=O)NC(=O)C43)cc12. The summed E-state index contributed by atoms with van der Waals surface area (Å²) in [6.45, 7) is 1.94. The first-order valence-electron chi connectivity index (χ1n) is 12.8. The Labute approximate surface area is 213 Å². The van der Waals surface area contributed by atoms with Crippen LogP contribution in [0.25, 0.3) is 10.9 Å². The molecule has 4 N–H and O–H groups in total. The maximum atomic E-state index is 13.6. The molecule has 3 aliphatic carbocycles. The van der Waals surface area contributed by atoms with Gasteiger partial charge in [0.2, 0.25) is 17.7 Å². The number of carbonyl (C=O) groups excluding carboxylic acids is 4. The van der Waals surface area contributed by atoms with Crippen molar-refractivity contribution in [2.75, 3.05) is 7.11 Å². The van der Waals surface area contributed by atoms with Crippen LogP contribution in [0.5, 0.6) is 5.75 Å². The average Bonchev–Trinajstić information content (AvgIpc) is 3.17. The van der Waals surface area contributed by atoms with Crippen molar-refractivity contribution in [2.45, 2.75) is 50.6 Å². The van der Waals surface area contributed by atoms with E-state index < -0.39 is 41.1 Å². The molecule has 3 saturated carbocycles. The second-order valence-electron chi connectivity index (χ2n) is 11.1. The fraction of sp³-hybridized carbons (Fsp3) is 0.519. The summed E-state index contributed by atoms with van der Waals surface area (Å²) < 4.78 is 5.45. The molecule has 1 saturated heterocycles. The topological polar surface area (TPSA) is 153 Å². The number of aromatic nitrogens is 1. The number of benzene rings is 1. The summed E-state index contributed by atoms with van der Waals surface area (Å²) in [5.74, 6) is -2.05. The van der Waals surface area contributed by atoms with Crippen molar-refractivity contribution < 1.29 is 23.9 Å². The minimum absolute atomic E-state index is 0.123. The van der Waals surface area contributed by atoms with Crippen molar-refractivity contribution in [2.24, 2.45) is 29.6 Å². The zero-order valence-corrected chi connectivity index (χ0v) is 20.7. The van der Waals surface area contributed by atoms with Gasteiger partial charge in [-0.2, -0.15) is 5.26 Å². The highest BCUT2D eigenvalue weighted by atomic mass is 16.5. The molecule has 37 heavy (non-hydrogen) atoms. The van der Waals surface area contributed by atoms with Crippen LogP contribution in [0.2, 0.25) is 0 Å². The van der Waals surface area contributed by atoms with Gasteiger partial charge in [-0.1, -0.05) is 12.8 Å². The molecule has 2 aromatic rings. The molecule has 0 radical (unpaired) electrons. The molecule has 4 aliphatic rings. The Bertz CT molecular complexity index is 1390. The number of imide groups is 1. The number of aromatic amines is 1. The molecule has 0 spiro atoms. The summed E-state index contributed by atoms with van der Waals surface area (Å²) in [7, 11) is 1.57. The molecule has 6 atom stereocenters. The van der Waals surface area contributed by atoms with Gasteiger partial charge in [0.1, 0.15) is 23.0 Å². The molecular formula is C27H29N5O5. The standard InChI is InChI=1S/C27H29N5O5/c1-12-5-17-15(20(6-12)37-2)9-19(29-17)23(33)30-18(7-13-3-4-13)24(34)32-27(11-28)10-14-8-16(27)22-21(14)25(35)31-26(22)36/h5-6,9,13-14,16,18,21-22,29H,3-4,7-8,10H2,1-2H3,(H,30,33)(H,32,34)(H,31,35,36). The third-order valence-electron chi connectivity index (χ3n) is 8.70. The van der Waals surface area contributed by atoms with Crippen molar-refractivity contribution in [3.8, 4) is 11.8 Å². The molecule has 4 amide bonds. The lowest BCUT2D eigenvalue weighted by Gasteiger charge is -2.37. The van der Waals surface area contributed by atoms with Gasteiger partial charge in [-0.25, -0.2) is 0 Å². The third-order valence-corrected chi connectivity index (χ3v) is 8.70. The number of ether oxygens (including phenoxy) is 1. The summed E-state index contributed by atoms with van der Waals surface area (Å²) in [6.07, 6.45) is 3.33. The summed E-state index contributed by atoms with van der Waals surface area (Å²) in [6, 6.07) is 6.97. The summed E-state index contributed by atoms with van der Waals surface area (Å²) in [5, 5.41) is 19.1. The summed E-state index contributed by atoms with van der Waals surface area (Å²) in [5.41, 5.74) is 0.821. The third kappa shape index (κ3) is 3.76. The van der Waals surface area contributed by atoms with Crippen molar-refractivity contribution in [3.05, 3.63) is 29.5 Å². The van der Waals surface area contributed by atoms with Gasteiger partial charge in [-0.15, -0.1) is 0 Å². The molecule has 4 fully saturated rings. The largest absolute Gasteiger partial charge is 0.496 e. The zero-order chi connectivity index (χ0) is 26.1. The smallest absolute Gasteiger partial charge is 0.268 e. The fourth-order valence-corrected chi connectivity index (χ4v) is 6.85. The first-order valence-corrected chi connectivity index (χ1v) is 12.8. The van der Waals surface area contributed by atoms with E-state index in [1.165, 1.54) is 0 Å². The monoisotopic (exact) mass is 503 g/mol. The minimum atomic E-state index is -1.23. The van der Waals surface area contributed by atoms with Gasteiger partial charge in [-0.3, -0.25) is 24.5 Å². The number of rotatable bonds is 7. The molecule has 1 aromatic carbocycles. The van der Waals surface area contributed by atoms with Crippen LogP contribution >= 0.6 is 0 Å². The highest BCUT2D eigenvalue weighted by molar-refractivity contribution is 6.06. The van der Waals surface area contributed by atoms with E-state index >= 15 is 0 Å². The normalized spacial score (nSPS) is 30.5. The quantitative estimate of drug-likeness (QED) is 0.422. The summed E-state index contributed by atoms with van der Waals surface area (Å²) in [4.78, 5) is 54.6. The van der Waals surface area contributed by atoms with Crippen LogP contribution in [0.15, 0.2) is 18.2 Å². The maximum Gasteiger partial charge on any atom is 0.268 e. The molecule has 1 aliphatic heterocycles. The van der Waals surface area contributed by atoms with E-state index in [2.05, 4.69) is 27.0 Å². The van der Waals surface area contributed by atoms with Crippen LogP contribution < -0.4 is 20.7 Å². The predicted molar refractivity (Wildman–Crippen MR) is 131 cm³/mol. The highest BCUT2D eigenvalue weighted by Gasteiger charge is 2.67. The Balaban J connectivity index is 1.22. The number of aryl methyl sites for hydroxylation is 1. The Morgan fingerprint density at radius 1 is 1.22 bits per heavy atom. The second kappa shape index (κ2) is 8.33. The number of nitrogens with zero attached hydrogens (tertiary/aromatic N) is 1. The predicted octanol–water partition coefficient (Wildman–Crippen LogP) is 1.69. The van der Waals surface area contributed by atoms with E-state index in [0.717, 1.165) is 29.3 Å². The number of hydrogen-bond acceptors (Lipinski definition) is 6. The lowest BCUT2D eigenvalue weighted by atomic mass is 9.71. The number of methoxy groups -OCH3 is 1. The number of nitrogens with one attached hydrogen (secondary N) is 4. The van der Waals surface area contributed by atoms with Gasteiger partial charge < -0.3 is 20.4 Å². The molecule has 1 aromatic heterocycles. The maximum absolute atomic E-state index is 13.6. The van der Waals surface area contributed by atoms with Crippen LogP contribution in [-0.2, 0) is 14.4 Å². The molecule has 192 valence electrons. The van der Waals surface area contributed by atoms with E-state index in [1.807, 2.05) is 19.1 Å². The van der Waals surface area contributed by atoms with Gasteiger partial charge in [0, 0.05) is 16.8 Å². The molecule has 10 heteroatoms. The van der Waals surface area contributed by atoms with E-state index in [0.29, 0.717) is 36.6 Å². The van der Waals surface area contributed by atoms with Crippen molar-refractivity contribution >= 4 is 34.5 Å². The average molecular weight is 504 g/mol. The van der Waals surface area contributed by atoms with Crippen LogP contribution in [0.1, 0.15) is 48.2 Å². The number of H-pyrrole nitrogens is 1. The highest BCUT2D eigenvalue weighted by Crippen LogP contribution is 2.58.